The molecule has 0 saturated carbocycles. The molecule has 0 aliphatic heterocycles. The van der Waals surface area contributed by atoms with E-state index in [1.165, 1.54) is 18.2 Å². The van der Waals surface area contributed by atoms with Crippen molar-refractivity contribution in [2.45, 2.75) is 0 Å². The summed E-state index contributed by atoms with van der Waals surface area (Å²) < 4.78 is 43.5. The molecule has 0 fully saturated rings. The van der Waals surface area contributed by atoms with Gasteiger partial charge in [0.1, 0.15) is 11.6 Å². The number of ether oxygens (including phenoxy) is 1. The third-order valence-corrected chi connectivity index (χ3v) is 2.20. The molecule has 0 aliphatic rings. The van der Waals surface area contributed by atoms with Crippen molar-refractivity contribution in [3.63, 3.8) is 0 Å². The maximum absolute atomic E-state index is 13.3. The lowest BCUT2D eigenvalue weighted by molar-refractivity contribution is 0.0729. The van der Waals surface area contributed by atoms with Gasteiger partial charge in [-0.1, -0.05) is 12.1 Å². The van der Waals surface area contributed by atoms with Crippen molar-refractivity contribution in [1.29, 1.82) is 0 Å². The van der Waals surface area contributed by atoms with Crippen molar-refractivity contribution in [3.8, 4) is 5.75 Å². The third kappa shape index (κ3) is 2.51. The van der Waals surface area contributed by atoms with E-state index < -0.39 is 23.4 Å². The van der Waals surface area contributed by atoms with E-state index in [-0.39, 0.29) is 11.3 Å². The summed E-state index contributed by atoms with van der Waals surface area (Å²) in [5.74, 6) is -4.11. The summed E-state index contributed by atoms with van der Waals surface area (Å²) in [5, 5.41) is 0. The molecule has 2 rings (SSSR count). The smallest absolute Gasteiger partial charge is 0.346 e. The summed E-state index contributed by atoms with van der Waals surface area (Å²) in [6.07, 6.45) is 0. The second kappa shape index (κ2) is 4.91. The van der Waals surface area contributed by atoms with E-state index in [0.29, 0.717) is 6.07 Å². The van der Waals surface area contributed by atoms with Crippen molar-refractivity contribution in [2.75, 3.05) is 0 Å². The Balaban J connectivity index is 2.22. The number of esters is 1. The SMILES string of the molecule is O=C(Oc1ccc(F)c(F)c1)c1ccccc1F. The third-order valence-electron chi connectivity index (χ3n) is 2.20. The zero-order valence-electron chi connectivity index (χ0n) is 8.99. The highest BCUT2D eigenvalue weighted by molar-refractivity contribution is 5.91. The number of benzene rings is 2. The molecule has 0 heterocycles. The largest absolute Gasteiger partial charge is 0.423 e. The standard InChI is InChI=1S/C13H7F3O2/c14-10-4-2-1-3-9(10)13(17)18-8-5-6-11(15)12(16)7-8/h1-7H. The summed E-state index contributed by atoms with van der Waals surface area (Å²) in [4.78, 5) is 11.6. The van der Waals surface area contributed by atoms with Crippen LogP contribution in [0.5, 0.6) is 5.75 Å². The van der Waals surface area contributed by atoms with Crippen LogP contribution >= 0.6 is 0 Å². The molecule has 0 N–H and O–H groups in total. The van der Waals surface area contributed by atoms with Crippen molar-refractivity contribution >= 4 is 5.97 Å². The molecule has 2 nitrogen and oxygen atoms in total. The first-order valence-electron chi connectivity index (χ1n) is 4.99. The first kappa shape index (κ1) is 12.2. The minimum Gasteiger partial charge on any atom is -0.423 e. The summed E-state index contributed by atoms with van der Waals surface area (Å²) in [7, 11) is 0. The van der Waals surface area contributed by atoms with E-state index in [1.54, 1.807) is 0 Å². The highest BCUT2D eigenvalue weighted by Crippen LogP contribution is 2.17. The van der Waals surface area contributed by atoms with Gasteiger partial charge in [-0.3, -0.25) is 0 Å². The molecule has 0 spiro atoms. The zero-order chi connectivity index (χ0) is 13.1. The molecule has 92 valence electrons. The lowest BCUT2D eigenvalue weighted by atomic mass is 10.2. The number of rotatable bonds is 2. The average molecular weight is 252 g/mol. The van der Waals surface area contributed by atoms with Gasteiger partial charge in [0.25, 0.3) is 0 Å². The van der Waals surface area contributed by atoms with E-state index in [4.69, 9.17) is 4.74 Å². The number of hydrogen-bond donors (Lipinski definition) is 0. The molecule has 0 unspecified atom stereocenters. The van der Waals surface area contributed by atoms with Crippen LogP contribution in [-0.4, -0.2) is 5.97 Å². The number of carbonyl (C=O) groups excluding carboxylic acids is 1. The Hall–Kier alpha value is -2.30. The van der Waals surface area contributed by atoms with Gasteiger partial charge in [0, 0.05) is 6.07 Å². The molecular weight excluding hydrogens is 245 g/mol. The van der Waals surface area contributed by atoms with Crippen molar-refractivity contribution in [1.82, 2.24) is 0 Å². The maximum Gasteiger partial charge on any atom is 0.346 e. The van der Waals surface area contributed by atoms with Crippen LogP contribution in [0.4, 0.5) is 13.2 Å². The summed E-state index contributed by atoms with van der Waals surface area (Å²) in [6, 6.07) is 7.83. The highest BCUT2D eigenvalue weighted by atomic mass is 19.2. The van der Waals surface area contributed by atoms with Gasteiger partial charge in [-0.15, -0.1) is 0 Å². The van der Waals surface area contributed by atoms with Gasteiger partial charge in [-0.25, -0.2) is 18.0 Å². The molecule has 0 radical (unpaired) electrons. The van der Waals surface area contributed by atoms with Gasteiger partial charge in [0.15, 0.2) is 11.6 Å². The van der Waals surface area contributed by atoms with Gasteiger partial charge in [-0.2, -0.15) is 0 Å². The molecular formula is C13H7F3O2. The summed E-state index contributed by atoms with van der Waals surface area (Å²) in [6.45, 7) is 0. The number of carbonyl (C=O) groups is 1. The van der Waals surface area contributed by atoms with Crippen molar-refractivity contribution in [3.05, 3.63) is 65.5 Å². The van der Waals surface area contributed by atoms with Gasteiger partial charge in [0.05, 0.1) is 5.56 Å². The normalized spacial score (nSPS) is 10.2. The van der Waals surface area contributed by atoms with E-state index in [2.05, 4.69) is 0 Å². The Morgan fingerprint density at radius 3 is 2.28 bits per heavy atom. The van der Waals surface area contributed by atoms with Crippen LogP contribution in [0, 0.1) is 17.5 Å². The first-order chi connectivity index (χ1) is 8.58. The van der Waals surface area contributed by atoms with Gasteiger partial charge in [-0.05, 0) is 24.3 Å². The van der Waals surface area contributed by atoms with Crippen LogP contribution in [0.25, 0.3) is 0 Å². The van der Waals surface area contributed by atoms with Crippen molar-refractivity contribution in [2.24, 2.45) is 0 Å². The fourth-order valence-electron chi connectivity index (χ4n) is 1.33. The number of halogens is 3. The van der Waals surface area contributed by atoms with Crippen LogP contribution in [0.15, 0.2) is 42.5 Å². The van der Waals surface area contributed by atoms with Gasteiger partial charge < -0.3 is 4.74 Å². The predicted octanol–water partition coefficient (Wildman–Crippen LogP) is 3.32. The Morgan fingerprint density at radius 1 is 0.889 bits per heavy atom. The highest BCUT2D eigenvalue weighted by Gasteiger charge is 2.14. The molecule has 18 heavy (non-hydrogen) atoms. The van der Waals surface area contributed by atoms with Crippen molar-refractivity contribution < 1.29 is 22.7 Å². The maximum atomic E-state index is 13.3. The van der Waals surface area contributed by atoms with Crippen LogP contribution in [0.3, 0.4) is 0 Å². The molecule has 5 heteroatoms. The predicted molar refractivity (Wildman–Crippen MR) is 57.7 cm³/mol. The lowest BCUT2D eigenvalue weighted by Gasteiger charge is -2.05. The van der Waals surface area contributed by atoms with Crippen LogP contribution in [-0.2, 0) is 0 Å². The second-order valence-electron chi connectivity index (χ2n) is 3.45. The average Bonchev–Trinajstić information content (AvgIpc) is 2.34. The van der Waals surface area contributed by atoms with E-state index in [1.807, 2.05) is 0 Å². The van der Waals surface area contributed by atoms with E-state index >= 15 is 0 Å². The minimum atomic E-state index is -1.14. The lowest BCUT2D eigenvalue weighted by Crippen LogP contribution is -2.10. The Bertz CT molecular complexity index is 597. The van der Waals surface area contributed by atoms with Crippen LogP contribution < -0.4 is 4.74 Å². The Kier molecular flexibility index (Phi) is 3.32. The quantitative estimate of drug-likeness (QED) is 0.605. The molecule has 0 aromatic heterocycles. The summed E-state index contributed by atoms with van der Waals surface area (Å²) in [5.41, 5.74) is -0.276. The van der Waals surface area contributed by atoms with Crippen LogP contribution in [0.2, 0.25) is 0 Å². The monoisotopic (exact) mass is 252 g/mol. The fraction of sp³-hybridized carbons (Fsp3) is 0. The Labute approximate surface area is 101 Å². The molecule has 0 aliphatic carbocycles. The first-order valence-corrected chi connectivity index (χ1v) is 4.99. The van der Waals surface area contributed by atoms with Gasteiger partial charge in [0.2, 0.25) is 0 Å². The molecule has 2 aromatic rings. The molecule has 0 saturated heterocycles. The van der Waals surface area contributed by atoms with Gasteiger partial charge >= 0.3 is 5.97 Å². The topological polar surface area (TPSA) is 26.3 Å². The van der Waals surface area contributed by atoms with Crippen LogP contribution in [0.1, 0.15) is 10.4 Å². The fourth-order valence-corrected chi connectivity index (χ4v) is 1.33. The number of hydrogen-bond acceptors (Lipinski definition) is 2. The molecule has 0 atom stereocenters. The van der Waals surface area contributed by atoms with E-state index in [0.717, 1.165) is 18.2 Å². The summed E-state index contributed by atoms with van der Waals surface area (Å²) >= 11 is 0. The molecule has 0 bridgehead atoms. The van der Waals surface area contributed by atoms with E-state index in [9.17, 15) is 18.0 Å². The second-order valence-corrected chi connectivity index (χ2v) is 3.45. The molecule has 2 aromatic carbocycles. The zero-order valence-corrected chi connectivity index (χ0v) is 8.99. The molecule has 0 amide bonds. The minimum absolute atomic E-state index is 0.192. The Morgan fingerprint density at radius 2 is 1.61 bits per heavy atom.